The number of rotatable bonds is 8. The summed E-state index contributed by atoms with van der Waals surface area (Å²) >= 11 is 0. The summed E-state index contributed by atoms with van der Waals surface area (Å²) in [6.07, 6.45) is -1.34. The number of ketones is 3. The van der Waals surface area contributed by atoms with E-state index >= 15 is 0 Å². The third-order valence-corrected chi connectivity index (χ3v) is 15.3. The normalized spacial score (nSPS) is 45.7. The van der Waals surface area contributed by atoms with Crippen LogP contribution in [0.1, 0.15) is 140 Å². The Hall–Kier alpha value is -3.14. The number of ether oxygens (including phenoxy) is 5. The van der Waals surface area contributed by atoms with Crippen molar-refractivity contribution in [2.24, 2.45) is 41.4 Å². The lowest BCUT2D eigenvalue weighted by atomic mass is 9.78. The molecular formula is C54H86NO14P. The zero-order valence-corrected chi connectivity index (χ0v) is 43.8. The molecule has 3 aliphatic heterocycles. The Morgan fingerprint density at radius 1 is 0.957 bits per heavy atom. The average molecular weight is 1010 g/mol. The third-order valence-electron chi connectivity index (χ3n) is 14.6. The van der Waals surface area contributed by atoms with Crippen molar-refractivity contribution >= 4 is 36.6 Å². The van der Waals surface area contributed by atoms with Crippen molar-refractivity contribution in [3.63, 3.8) is 0 Å². The van der Waals surface area contributed by atoms with Crippen LogP contribution in [0, 0.1) is 41.4 Å². The zero-order valence-electron chi connectivity index (χ0n) is 52.9. The van der Waals surface area contributed by atoms with Gasteiger partial charge in [-0.1, -0.05) is 77.9 Å². The smallest absolute Gasteiger partial charge is 0.329 e. The lowest BCUT2D eigenvalue weighted by molar-refractivity contribution is -0.265. The average Bonchev–Trinajstić information content (AvgIpc) is 3.41. The molecule has 2 unspecified atom stereocenters. The molecule has 15 nitrogen and oxygen atoms in total. The van der Waals surface area contributed by atoms with Crippen molar-refractivity contribution in [2.75, 3.05) is 41.1 Å². The van der Waals surface area contributed by atoms with E-state index in [-0.39, 0.29) is 56.6 Å². The number of allylic oxidation sites excluding steroid dienone is 6. The number of aliphatic hydroxyl groups excluding tert-OH is 1. The fourth-order valence-corrected chi connectivity index (χ4v) is 10.6. The van der Waals surface area contributed by atoms with Crippen LogP contribution in [0.25, 0.3) is 0 Å². The highest BCUT2D eigenvalue weighted by atomic mass is 31.2. The molecule has 2 bridgehead atoms. The van der Waals surface area contributed by atoms with E-state index in [1.807, 2.05) is 0 Å². The van der Waals surface area contributed by atoms with Crippen molar-refractivity contribution in [1.82, 2.24) is 4.90 Å². The number of aliphatic hydroxyl groups is 2. The van der Waals surface area contributed by atoms with Crippen molar-refractivity contribution in [3.8, 4) is 0 Å². The molecule has 396 valence electrons. The van der Waals surface area contributed by atoms with Crippen molar-refractivity contribution in [2.45, 2.75) is 180 Å². The van der Waals surface area contributed by atoms with E-state index in [9.17, 15) is 41.5 Å². The van der Waals surface area contributed by atoms with Gasteiger partial charge in [-0.2, -0.15) is 0 Å². The highest BCUT2D eigenvalue weighted by Crippen LogP contribution is 2.45. The SMILES string of the molecule is [2H]C([2H])([2H])[C@@H]1/C=C(\C)[C@@H](O)[C@@H](OC)C(=O)[C@H](C)C([2H])(C)[C@]([2H])(C)/C=C/C=C/C=C(\C)[C@@H](OC)C[C@@H]2CC([2H])([2H])[C@@H](C)[C@@](O)(O2)C(=O)C(=O)N2CCCC[C@H]2C(=O)O[C@H]([C@H](C)C[C@@H]2CC[C@@H](OP(C)(=O)C([2H])([2H])[2H])[C@H](OC)C2)CC1=O. The molecule has 70 heavy (non-hydrogen) atoms. The van der Waals surface area contributed by atoms with E-state index in [0.29, 0.717) is 24.8 Å². The minimum atomic E-state index is -4.10. The molecule has 17 atom stereocenters. The standard InChI is InChI=1S/C54H86NO14P/c1-32-19-15-14-16-20-33(2)45(64-9)30-41-24-22-37(6)54(62,68-41)51(59)52(60)55-26-18-17-21-42(55)53(61)67-46(35(4)28-40-23-25-44(47(29-40)65-10)69-70(12,13)63)31-43(56)34(3)27-36(5)48(57)50(66-11)49(58)39(8)38(32)7/h14-16,19-20,27,32,34-35,37-42,44-48,50,57,62H,17-18,21-26,28-31H2,1-13H3/b16-14+,19-15+,33-20+,36-27+/t32-,34-,35-,37-,38?,39-,40+,41+,42+,44-,45+,46+,47-,48-,50-,54-/m1/s1/i3D3,12D3,22D2,32D,38D/t32-,34-,35-,37-,38?,39-,40+,41+,42+,44-,45+,46+,47-,48-,50-,54-,70?. The maximum atomic E-state index is 14.7. The molecule has 1 saturated carbocycles. The Morgan fingerprint density at radius 2 is 1.69 bits per heavy atom. The van der Waals surface area contributed by atoms with E-state index < -0.39 is 153 Å². The highest BCUT2D eigenvalue weighted by molar-refractivity contribution is 7.57. The lowest BCUT2D eigenvalue weighted by Crippen LogP contribution is -2.61. The zero-order chi connectivity index (χ0) is 60.9. The van der Waals surface area contributed by atoms with Crippen LogP contribution in [0.4, 0.5) is 0 Å². The van der Waals surface area contributed by atoms with Crippen molar-refractivity contribution in [3.05, 3.63) is 47.6 Å². The summed E-state index contributed by atoms with van der Waals surface area (Å²) in [5, 5.41) is 23.8. The number of methoxy groups -OCH3 is 3. The van der Waals surface area contributed by atoms with Crippen molar-refractivity contribution in [1.29, 1.82) is 0 Å². The van der Waals surface area contributed by atoms with Gasteiger partial charge in [-0.15, -0.1) is 0 Å². The number of carbonyl (C=O) groups excluding carboxylic acids is 5. The predicted octanol–water partition coefficient (Wildman–Crippen LogP) is 7.99. The minimum Gasteiger partial charge on any atom is -0.460 e. The number of cyclic esters (lactones) is 1. The number of Topliss-reactive ketones (excluding diaryl/α,β-unsaturated/α-hetero) is 3. The van der Waals surface area contributed by atoms with Gasteiger partial charge in [-0.25, -0.2) is 4.79 Å². The van der Waals surface area contributed by atoms with Crippen molar-refractivity contribution < 1.29 is 80.7 Å². The Morgan fingerprint density at radius 3 is 2.34 bits per heavy atom. The summed E-state index contributed by atoms with van der Waals surface area (Å²) in [5.41, 5.74) is 0.453. The summed E-state index contributed by atoms with van der Waals surface area (Å²) in [5.74, 6) is -18.2. The number of carbonyl (C=O) groups is 5. The summed E-state index contributed by atoms with van der Waals surface area (Å²) in [6, 6.07) is -1.47. The van der Waals surface area contributed by atoms with Gasteiger partial charge in [0, 0.05) is 85.4 Å². The number of piperidine rings is 1. The quantitative estimate of drug-likeness (QED) is 0.103. The van der Waals surface area contributed by atoms with Crippen LogP contribution in [0.5, 0.6) is 0 Å². The second kappa shape index (κ2) is 26.7. The molecule has 0 aromatic heterocycles. The van der Waals surface area contributed by atoms with Crippen LogP contribution in [-0.4, -0.2) is 140 Å². The Kier molecular flexibility index (Phi) is 17.3. The van der Waals surface area contributed by atoms with Gasteiger partial charge in [0.05, 0.1) is 24.4 Å². The fourth-order valence-electron chi connectivity index (χ4n) is 9.86. The molecule has 16 heteroatoms. The first kappa shape index (κ1) is 45.5. The molecule has 3 fully saturated rings. The summed E-state index contributed by atoms with van der Waals surface area (Å²) in [6.45, 7) is 5.06. The van der Waals surface area contributed by atoms with E-state index in [1.54, 1.807) is 32.1 Å². The summed E-state index contributed by atoms with van der Waals surface area (Å²) in [4.78, 5) is 73.5. The van der Waals surface area contributed by atoms with Crippen LogP contribution >= 0.6 is 7.37 Å². The van der Waals surface area contributed by atoms with Gasteiger partial charge in [-0.3, -0.25) is 23.7 Å². The Labute approximate surface area is 432 Å². The maximum absolute atomic E-state index is 14.7. The molecule has 1 amide bonds. The second-order valence-electron chi connectivity index (χ2n) is 19.8. The molecule has 0 spiro atoms. The Balaban J connectivity index is 1.85. The molecule has 2 saturated heterocycles. The van der Waals surface area contributed by atoms with Crippen LogP contribution in [0.2, 0.25) is 0 Å². The first-order valence-corrected chi connectivity index (χ1v) is 26.6. The summed E-state index contributed by atoms with van der Waals surface area (Å²) < 4.78 is 133. The highest BCUT2D eigenvalue weighted by Gasteiger charge is 2.53. The molecule has 2 N–H and O–H groups in total. The van der Waals surface area contributed by atoms with Crippen LogP contribution in [-0.2, 0) is 56.7 Å². The second-order valence-corrected chi connectivity index (χ2v) is 21.7. The Bertz CT molecular complexity index is 2390. The van der Waals surface area contributed by atoms with Gasteiger partial charge in [-0.05, 0) is 106 Å². The number of hydrogen-bond donors (Lipinski definition) is 2. The van der Waals surface area contributed by atoms with Crippen LogP contribution < -0.4 is 0 Å². The molecule has 0 aromatic carbocycles. The van der Waals surface area contributed by atoms with Gasteiger partial charge in [0.25, 0.3) is 11.7 Å². The maximum Gasteiger partial charge on any atom is 0.329 e. The third kappa shape index (κ3) is 15.7. The fraction of sp³-hybridized carbons (Fsp3) is 0.759. The molecule has 4 rings (SSSR count). The molecule has 1 aliphatic carbocycles. The first-order chi connectivity index (χ1) is 36.7. The van der Waals surface area contributed by atoms with E-state index in [0.717, 1.165) is 24.8 Å². The van der Waals surface area contributed by atoms with Gasteiger partial charge in [0.1, 0.15) is 30.1 Å². The first-order valence-electron chi connectivity index (χ1n) is 29.5. The largest absolute Gasteiger partial charge is 0.460 e. The lowest BCUT2D eigenvalue weighted by Gasteiger charge is -2.42. The van der Waals surface area contributed by atoms with Gasteiger partial charge in [0.2, 0.25) is 5.79 Å². The molecule has 4 aliphatic rings. The molecule has 0 aromatic rings. The van der Waals surface area contributed by atoms with E-state index in [2.05, 4.69) is 0 Å². The predicted molar refractivity (Wildman–Crippen MR) is 268 cm³/mol. The number of amides is 1. The van der Waals surface area contributed by atoms with Gasteiger partial charge < -0.3 is 43.3 Å². The van der Waals surface area contributed by atoms with E-state index in [1.165, 1.54) is 61.0 Å². The van der Waals surface area contributed by atoms with Crippen LogP contribution in [0.15, 0.2) is 47.6 Å². The monoisotopic (exact) mass is 1010 g/mol. The number of nitrogens with zero attached hydrogens (tertiary/aromatic N) is 1. The number of esters is 1. The van der Waals surface area contributed by atoms with Gasteiger partial charge >= 0.3 is 5.97 Å². The van der Waals surface area contributed by atoms with Gasteiger partial charge in [0.15, 0.2) is 13.2 Å². The molecule has 3 heterocycles. The minimum absolute atomic E-state index is 0.0380. The molecular weight excluding hydrogens is 918 g/mol. The molecule has 0 radical (unpaired) electrons. The van der Waals surface area contributed by atoms with Crippen LogP contribution in [0.3, 0.4) is 0 Å². The topological polar surface area (TPSA) is 201 Å². The summed E-state index contributed by atoms with van der Waals surface area (Å²) in [7, 11) is -0.165. The number of hydrogen-bond acceptors (Lipinski definition) is 14. The van der Waals surface area contributed by atoms with E-state index in [4.69, 9.17) is 39.2 Å². The number of fused-ring (bicyclic) bond motifs is 3.